The van der Waals surface area contributed by atoms with Crippen LogP contribution in [0.3, 0.4) is 0 Å². The lowest BCUT2D eigenvalue weighted by Crippen LogP contribution is -2.29. The van der Waals surface area contributed by atoms with Crippen molar-refractivity contribution in [1.29, 1.82) is 0 Å². The second-order valence-electron chi connectivity index (χ2n) is 11.3. The Kier molecular flexibility index (Phi) is 10.1. The lowest BCUT2D eigenvalue weighted by atomic mass is 10.0. The molecule has 0 bridgehead atoms. The Morgan fingerprint density at radius 3 is 1.75 bits per heavy atom. The molecule has 0 saturated carbocycles. The number of aliphatic carboxylic acids is 2. The fourth-order valence-corrected chi connectivity index (χ4v) is 5.11. The van der Waals surface area contributed by atoms with Gasteiger partial charge in [0.05, 0.1) is 5.56 Å². The average molecular weight is 717 g/mol. The molecule has 0 spiro atoms. The van der Waals surface area contributed by atoms with Crippen LogP contribution in [0, 0.1) is 0 Å². The maximum atomic E-state index is 13.8. The van der Waals surface area contributed by atoms with Crippen molar-refractivity contribution in [3.8, 4) is 51.6 Å². The van der Waals surface area contributed by atoms with Crippen LogP contribution in [0.1, 0.15) is 27.0 Å². The summed E-state index contributed by atoms with van der Waals surface area (Å²) in [6.45, 7) is 0. The van der Waals surface area contributed by atoms with Gasteiger partial charge in [0.25, 0.3) is 0 Å². The molecule has 16 nitrogen and oxygen atoms in total. The fourth-order valence-electron chi connectivity index (χ4n) is 5.11. The Balaban J connectivity index is 1.49. The van der Waals surface area contributed by atoms with E-state index in [0.717, 1.165) is 54.6 Å². The summed E-state index contributed by atoms with van der Waals surface area (Å²) >= 11 is 0. The number of furan rings is 1. The number of esters is 2. The zero-order valence-corrected chi connectivity index (χ0v) is 26.5. The first-order valence-electron chi connectivity index (χ1n) is 15.0. The van der Waals surface area contributed by atoms with Gasteiger partial charge in [-0.1, -0.05) is 12.1 Å². The molecule has 5 rings (SSSR count). The van der Waals surface area contributed by atoms with Crippen molar-refractivity contribution in [3.05, 3.63) is 95.1 Å². The number of carboxylic acids is 2. The average Bonchev–Trinajstić information content (AvgIpc) is 3.46. The maximum Gasteiger partial charge on any atom is 0.345 e. The van der Waals surface area contributed by atoms with Gasteiger partial charge in [-0.15, -0.1) is 0 Å². The van der Waals surface area contributed by atoms with E-state index in [9.17, 15) is 65.1 Å². The fraction of sp³-hybridized carbons (Fsp3) is 0.111. The predicted octanol–water partition coefficient (Wildman–Crippen LogP) is 4.14. The Morgan fingerprint density at radius 1 is 0.635 bits per heavy atom. The van der Waals surface area contributed by atoms with E-state index in [1.165, 1.54) is 24.3 Å². The molecule has 0 saturated heterocycles. The molecule has 0 amide bonds. The topological polar surface area (TPSA) is 282 Å². The normalized spacial score (nSPS) is 12.4. The highest BCUT2D eigenvalue weighted by molar-refractivity contribution is 6.11. The van der Waals surface area contributed by atoms with Crippen molar-refractivity contribution >= 4 is 40.9 Å². The number of fused-ring (bicyclic) bond motifs is 1. The Hall–Kier alpha value is -7.36. The van der Waals surface area contributed by atoms with E-state index in [1.54, 1.807) is 0 Å². The SMILES string of the molecule is O=C(C=Cc1cc(O)c2oc(-c3ccc(O)cc3O)c(C(=O)OC(Cc3ccc(O)c(O)c3)C(=O)O)c2c1)OC(Cc1ccc(O)c(O)c1)C(=O)O. The van der Waals surface area contributed by atoms with Gasteiger partial charge in [0.15, 0.2) is 40.1 Å². The monoisotopic (exact) mass is 716 g/mol. The molecular formula is C36H28O16. The van der Waals surface area contributed by atoms with E-state index in [0.29, 0.717) is 0 Å². The molecule has 1 aromatic heterocycles. The highest BCUT2D eigenvalue weighted by Crippen LogP contribution is 2.43. The molecule has 2 atom stereocenters. The van der Waals surface area contributed by atoms with Crippen LogP contribution >= 0.6 is 0 Å². The largest absolute Gasteiger partial charge is 0.508 e. The number of carboxylic acid groups (broad SMARTS) is 2. The maximum absolute atomic E-state index is 13.8. The Morgan fingerprint density at radius 2 is 1.21 bits per heavy atom. The minimum atomic E-state index is -1.86. The molecule has 0 aliphatic carbocycles. The van der Waals surface area contributed by atoms with Crippen LogP contribution in [0.25, 0.3) is 28.4 Å². The van der Waals surface area contributed by atoms with E-state index in [2.05, 4.69) is 0 Å². The van der Waals surface area contributed by atoms with Crippen molar-refractivity contribution in [2.45, 2.75) is 25.0 Å². The first-order valence-corrected chi connectivity index (χ1v) is 15.0. The Labute approximate surface area is 291 Å². The van der Waals surface area contributed by atoms with Gasteiger partial charge in [0.1, 0.15) is 17.1 Å². The van der Waals surface area contributed by atoms with E-state index >= 15 is 0 Å². The zero-order valence-electron chi connectivity index (χ0n) is 26.5. The number of hydrogen-bond acceptors (Lipinski definition) is 14. The second kappa shape index (κ2) is 14.6. The number of rotatable bonds is 12. The summed E-state index contributed by atoms with van der Waals surface area (Å²) in [7, 11) is 0. The summed E-state index contributed by atoms with van der Waals surface area (Å²) < 4.78 is 16.1. The molecule has 5 aromatic rings. The third-order valence-corrected chi connectivity index (χ3v) is 7.61. The quantitative estimate of drug-likeness (QED) is 0.0498. The van der Waals surface area contributed by atoms with Gasteiger partial charge in [-0.25, -0.2) is 19.2 Å². The number of aromatic hydroxyl groups is 7. The molecule has 0 radical (unpaired) electrons. The number of carbonyl (C=O) groups is 4. The van der Waals surface area contributed by atoms with Gasteiger partial charge in [-0.2, -0.15) is 0 Å². The van der Waals surface area contributed by atoms with Crippen LogP contribution in [0.2, 0.25) is 0 Å². The first kappa shape index (κ1) is 35.9. The highest BCUT2D eigenvalue weighted by atomic mass is 16.6. The second-order valence-corrected chi connectivity index (χ2v) is 11.3. The molecule has 0 aliphatic heterocycles. The smallest absolute Gasteiger partial charge is 0.345 e. The molecule has 1 heterocycles. The van der Waals surface area contributed by atoms with Crippen molar-refractivity contribution in [2.75, 3.05) is 0 Å². The molecular weight excluding hydrogens is 688 g/mol. The third-order valence-electron chi connectivity index (χ3n) is 7.61. The van der Waals surface area contributed by atoms with Crippen LogP contribution in [0.4, 0.5) is 0 Å². The van der Waals surface area contributed by atoms with E-state index in [4.69, 9.17) is 13.9 Å². The number of benzene rings is 4. The summed E-state index contributed by atoms with van der Waals surface area (Å²) in [5.41, 5.74) is -0.538. The molecule has 52 heavy (non-hydrogen) atoms. The first-order chi connectivity index (χ1) is 24.6. The van der Waals surface area contributed by atoms with Crippen LogP contribution in [0.15, 0.2) is 77.2 Å². The molecule has 16 heteroatoms. The number of carbonyl (C=O) groups excluding carboxylic acids is 2. The van der Waals surface area contributed by atoms with Gasteiger partial charge in [0.2, 0.25) is 12.2 Å². The number of ether oxygens (including phenoxy) is 2. The third kappa shape index (κ3) is 7.92. The summed E-state index contributed by atoms with van der Waals surface area (Å²) in [6.07, 6.45) is -2.47. The summed E-state index contributed by atoms with van der Waals surface area (Å²) in [5.74, 6) is -9.41. The lowest BCUT2D eigenvalue weighted by Gasteiger charge is -2.15. The summed E-state index contributed by atoms with van der Waals surface area (Å²) in [4.78, 5) is 50.3. The van der Waals surface area contributed by atoms with E-state index < -0.39 is 88.3 Å². The number of phenols is 7. The summed E-state index contributed by atoms with van der Waals surface area (Å²) in [6, 6.07) is 12.6. The van der Waals surface area contributed by atoms with Crippen LogP contribution in [-0.4, -0.2) is 82.0 Å². The number of hydrogen-bond donors (Lipinski definition) is 9. The lowest BCUT2D eigenvalue weighted by molar-refractivity contribution is -0.160. The van der Waals surface area contributed by atoms with Gasteiger partial charge in [-0.3, -0.25) is 0 Å². The van der Waals surface area contributed by atoms with Gasteiger partial charge < -0.3 is 59.8 Å². The van der Waals surface area contributed by atoms with Gasteiger partial charge in [-0.05, 0) is 71.3 Å². The highest BCUT2D eigenvalue weighted by Gasteiger charge is 2.31. The predicted molar refractivity (Wildman–Crippen MR) is 177 cm³/mol. The molecule has 0 aliphatic rings. The van der Waals surface area contributed by atoms with Crippen LogP contribution < -0.4 is 0 Å². The molecule has 0 fully saturated rings. The number of phenolic OH excluding ortho intramolecular Hbond substituents is 7. The zero-order chi connectivity index (χ0) is 37.9. The minimum Gasteiger partial charge on any atom is -0.508 e. The van der Waals surface area contributed by atoms with Crippen molar-refractivity contribution in [2.24, 2.45) is 0 Å². The standard InChI is InChI=1S/C36H28O16/c37-19-4-5-20(24(40)15-19)33-31(36(49)51-29(35(47)48)14-18-2-7-23(39)26(42)11-18)21-9-16(12-27(43)32(21)52-33)3-8-30(44)50-28(34(45)46)13-17-1-6-22(38)25(41)10-17/h1-12,15,28-29,37-43H,13-14H2,(H,45,46)(H,47,48). The van der Waals surface area contributed by atoms with Crippen molar-refractivity contribution in [1.82, 2.24) is 0 Å². The van der Waals surface area contributed by atoms with Crippen LogP contribution in [0.5, 0.6) is 40.2 Å². The summed E-state index contributed by atoms with van der Waals surface area (Å²) in [5, 5.41) is 89.1. The van der Waals surface area contributed by atoms with Crippen LogP contribution in [-0.2, 0) is 36.7 Å². The molecule has 9 N–H and O–H groups in total. The van der Waals surface area contributed by atoms with Gasteiger partial charge >= 0.3 is 23.9 Å². The van der Waals surface area contributed by atoms with Crippen molar-refractivity contribution < 1.29 is 79.0 Å². The van der Waals surface area contributed by atoms with E-state index in [-0.39, 0.29) is 45.4 Å². The molecule has 268 valence electrons. The Bertz CT molecular complexity index is 2250. The minimum absolute atomic E-state index is 0.0305. The van der Waals surface area contributed by atoms with E-state index in [1.807, 2.05) is 0 Å². The van der Waals surface area contributed by atoms with Crippen molar-refractivity contribution in [3.63, 3.8) is 0 Å². The molecule has 4 aromatic carbocycles. The molecule has 2 unspecified atom stereocenters. The van der Waals surface area contributed by atoms with Gasteiger partial charge in [0, 0.05) is 30.4 Å².